The summed E-state index contributed by atoms with van der Waals surface area (Å²) in [5, 5.41) is 0. The summed E-state index contributed by atoms with van der Waals surface area (Å²) in [6.07, 6.45) is 2.46. The third-order valence-electron chi connectivity index (χ3n) is 1.95. The Balaban J connectivity index is 1.99. The molecule has 0 aromatic rings. The molecule has 1 aliphatic heterocycles. The van der Waals surface area contributed by atoms with Crippen LogP contribution >= 0.6 is 0 Å². The van der Waals surface area contributed by atoms with Crippen LogP contribution in [0.4, 0.5) is 4.39 Å². The average molecular weight is 231 g/mol. The van der Waals surface area contributed by atoms with Crippen LogP contribution < -0.4 is 0 Å². The van der Waals surface area contributed by atoms with Gasteiger partial charge in [-0.05, 0) is 0 Å². The van der Waals surface area contributed by atoms with Crippen LogP contribution in [0.3, 0.4) is 0 Å². The van der Waals surface area contributed by atoms with E-state index in [0.717, 1.165) is 4.90 Å². The van der Waals surface area contributed by atoms with Gasteiger partial charge in [0.1, 0.15) is 6.67 Å². The smallest absolute Gasteiger partial charge is 0.253 e. The summed E-state index contributed by atoms with van der Waals surface area (Å²) in [5.41, 5.74) is 0. The highest BCUT2D eigenvalue weighted by Crippen LogP contribution is 2.02. The molecule has 6 heteroatoms. The van der Waals surface area contributed by atoms with E-state index < -0.39 is 6.67 Å². The van der Waals surface area contributed by atoms with Crippen molar-refractivity contribution in [1.82, 2.24) is 4.90 Å². The van der Waals surface area contributed by atoms with Crippen molar-refractivity contribution in [2.24, 2.45) is 0 Å². The van der Waals surface area contributed by atoms with Gasteiger partial charge < -0.3 is 9.47 Å². The minimum absolute atomic E-state index is 0.0659. The number of alkyl halides is 1. The second-order valence-corrected chi connectivity index (χ2v) is 3.08. The molecule has 0 bridgehead atoms. The van der Waals surface area contributed by atoms with E-state index >= 15 is 0 Å². The maximum Gasteiger partial charge on any atom is 0.253 e. The molecule has 0 saturated heterocycles. The van der Waals surface area contributed by atoms with Crippen LogP contribution in [-0.4, -0.2) is 56.4 Å². The topological polar surface area (TPSA) is 55.8 Å². The molecule has 0 aliphatic carbocycles. The standard InChI is InChI=1S/C10H14FNO4/c11-3-5-15-7-8-16-6-4-12-9(13)1-2-10(12)14/h1-2H,3-8H2. The second-order valence-electron chi connectivity index (χ2n) is 3.08. The second kappa shape index (κ2) is 7.08. The van der Waals surface area contributed by atoms with Crippen LogP contribution in [0.5, 0.6) is 0 Å². The van der Waals surface area contributed by atoms with Gasteiger partial charge in [-0.15, -0.1) is 0 Å². The molecule has 0 N–H and O–H groups in total. The Morgan fingerprint density at radius 3 is 2.12 bits per heavy atom. The molecule has 1 aliphatic rings. The van der Waals surface area contributed by atoms with Gasteiger partial charge in [-0.1, -0.05) is 0 Å². The molecular weight excluding hydrogens is 217 g/mol. The number of amides is 2. The Labute approximate surface area is 92.8 Å². The van der Waals surface area contributed by atoms with Crippen molar-refractivity contribution in [3.63, 3.8) is 0 Å². The Morgan fingerprint density at radius 2 is 1.56 bits per heavy atom. The van der Waals surface area contributed by atoms with Crippen molar-refractivity contribution in [1.29, 1.82) is 0 Å². The molecule has 1 rings (SSSR count). The highest BCUT2D eigenvalue weighted by atomic mass is 19.1. The minimum atomic E-state index is -0.511. The Kier molecular flexibility index (Phi) is 5.66. The summed E-state index contributed by atoms with van der Waals surface area (Å²) in [7, 11) is 0. The van der Waals surface area contributed by atoms with Crippen LogP contribution in [0.15, 0.2) is 12.2 Å². The van der Waals surface area contributed by atoms with Gasteiger partial charge >= 0.3 is 0 Å². The predicted octanol–water partition coefficient (Wildman–Crippen LogP) is -0.0859. The lowest BCUT2D eigenvalue weighted by Gasteiger charge is -2.13. The maximum atomic E-state index is 11.6. The van der Waals surface area contributed by atoms with E-state index in [1.54, 1.807) is 0 Å². The van der Waals surface area contributed by atoms with E-state index in [1.807, 2.05) is 0 Å². The first-order chi connectivity index (χ1) is 7.75. The summed E-state index contributed by atoms with van der Waals surface area (Å²) in [4.78, 5) is 23.3. The molecule has 0 spiro atoms. The average Bonchev–Trinajstić information content (AvgIpc) is 2.59. The lowest BCUT2D eigenvalue weighted by atomic mass is 10.5. The quantitative estimate of drug-likeness (QED) is 0.433. The van der Waals surface area contributed by atoms with E-state index in [0.29, 0.717) is 13.2 Å². The fourth-order valence-corrected chi connectivity index (χ4v) is 1.18. The van der Waals surface area contributed by atoms with Crippen LogP contribution in [0.1, 0.15) is 0 Å². The molecule has 16 heavy (non-hydrogen) atoms. The molecule has 0 saturated carbocycles. The number of ether oxygens (including phenoxy) is 2. The van der Waals surface area contributed by atoms with E-state index in [4.69, 9.17) is 9.47 Å². The van der Waals surface area contributed by atoms with Crippen molar-refractivity contribution in [2.45, 2.75) is 0 Å². The van der Waals surface area contributed by atoms with Gasteiger partial charge in [-0.25, -0.2) is 4.39 Å². The highest BCUT2D eigenvalue weighted by Gasteiger charge is 2.22. The summed E-state index contributed by atoms with van der Waals surface area (Å²) in [5.74, 6) is -0.635. The third-order valence-corrected chi connectivity index (χ3v) is 1.95. The fraction of sp³-hybridized carbons (Fsp3) is 0.600. The van der Waals surface area contributed by atoms with Gasteiger partial charge in [0.2, 0.25) is 0 Å². The summed E-state index contributed by atoms with van der Waals surface area (Å²) < 4.78 is 21.6. The monoisotopic (exact) mass is 231 g/mol. The molecule has 0 radical (unpaired) electrons. The zero-order valence-electron chi connectivity index (χ0n) is 8.86. The molecule has 5 nitrogen and oxygen atoms in total. The summed E-state index contributed by atoms with van der Waals surface area (Å²) in [6, 6.07) is 0. The molecular formula is C10H14FNO4. The first kappa shape index (κ1) is 12.8. The zero-order chi connectivity index (χ0) is 11.8. The van der Waals surface area contributed by atoms with Crippen molar-refractivity contribution >= 4 is 11.8 Å². The Hall–Kier alpha value is -1.27. The van der Waals surface area contributed by atoms with Gasteiger partial charge in [-0.3, -0.25) is 14.5 Å². The predicted molar refractivity (Wildman–Crippen MR) is 53.5 cm³/mol. The van der Waals surface area contributed by atoms with Gasteiger partial charge in [0.15, 0.2) is 0 Å². The molecule has 1 heterocycles. The molecule has 0 unspecified atom stereocenters. The van der Waals surface area contributed by atoms with Gasteiger partial charge in [0, 0.05) is 12.2 Å². The number of carbonyl (C=O) groups excluding carboxylic acids is 2. The van der Waals surface area contributed by atoms with Crippen LogP contribution in [0.25, 0.3) is 0 Å². The maximum absolute atomic E-state index is 11.6. The fourth-order valence-electron chi connectivity index (χ4n) is 1.18. The third kappa shape index (κ3) is 4.08. The molecule has 0 atom stereocenters. The van der Waals surface area contributed by atoms with Crippen molar-refractivity contribution < 1.29 is 23.5 Å². The van der Waals surface area contributed by atoms with Gasteiger partial charge in [-0.2, -0.15) is 0 Å². The van der Waals surface area contributed by atoms with Crippen LogP contribution in [-0.2, 0) is 19.1 Å². The molecule has 0 fully saturated rings. The number of halogens is 1. The lowest BCUT2D eigenvalue weighted by Crippen LogP contribution is -2.33. The van der Waals surface area contributed by atoms with Gasteiger partial charge in [0.25, 0.3) is 11.8 Å². The number of imide groups is 1. The zero-order valence-corrected chi connectivity index (χ0v) is 8.86. The number of nitrogens with zero attached hydrogens (tertiary/aromatic N) is 1. The van der Waals surface area contributed by atoms with Crippen molar-refractivity contribution in [2.75, 3.05) is 39.6 Å². The van der Waals surface area contributed by atoms with Crippen LogP contribution in [0, 0.1) is 0 Å². The number of hydrogen-bond acceptors (Lipinski definition) is 4. The number of hydrogen-bond donors (Lipinski definition) is 0. The van der Waals surface area contributed by atoms with Crippen molar-refractivity contribution in [3.8, 4) is 0 Å². The van der Waals surface area contributed by atoms with Crippen LogP contribution in [0.2, 0.25) is 0 Å². The number of rotatable bonds is 8. The SMILES string of the molecule is O=C1C=CC(=O)N1CCOCCOCCF. The van der Waals surface area contributed by atoms with Crippen molar-refractivity contribution in [3.05, 3.63) is 12.2 Å². The highest BCUT2D eigenvalue weighted by molar-refractivity contribution is 6.12. The van der Waals surface area contributed by atoms with E-state index in [1.165, 1.54) is 12.2 Å². The number of carbonyl (C=O) groups is 2. The molecule has 2 amide bonds. The normalized spacial score (nSPS) is 15.2. The first-order valence-corrected chi connectivity index (χ1v) is 5.00. The summed E-state index contributed by atoms with van der Waals surface area (Å²) >= 11 is 0. The molecule has 90 valence electrons. The van der Waals surface area contributed by atoms with Gasteiger partial charge in [0.05, 0.1) is 33.0 Å². The largest absolute Gasteiger partial charge is 0.377 e. The summed E-state index contributed by atoms with van der Waals surface area (Å²) in [6.45, 7) is 0.679. The minimum Gasteiger partial charge on any atom is -0.377 e. The lowest BCUT2D eigenvalue weighted by molar-refractivity contribution is -0.137. The molecule has 0 aromatic carbocycles. The van der Waals surface area contributed by atoms with E-state index in [9.17, 15) is 14.0 Å². The Bertz CT molecular complexity index is 262. The molecule has 0 aromatic heterocycles. The Morgan fingerprint density at radius 1 is 1.00 bits per heavy atom. The van der Waals surface area contributed by atoms with E-state index in [2.05, 4.69) is 0 Å². The van der Waals surface area contributed by atoms with E-state index in [-0.39, 0.29) is 31.6 Å². The first-order valence-electron chi connectivity index (χ1n) is 5.00.